The number of amides is 2. The first kappa shape index (κ1) is 12.9. The van der Waals surface area contributed by atoms with E-state index in [1.54, 1.807) is 5.43 Å². The Labute approximate surface area is 96.9 Å². The minimum absolute atomic E-state index is 0.0404. The molecule has 0 fully saturated rings. The number of carbonyl (C=O) groups is 1. The maximum atomic E-state index is 13.6. The van der Waals surface area contributed by atoms with Crippen LogP contribution in [0.4, 0.5) is 14.9 Å². The molecule has 0 heterocycles. The molecule has 0 spiro atoms. The Morgan fingerprint density at radius 3 is 2.76 bits per heavy atom. The van der Waals surface area contributed by atoms with Crippen LogP contribution >= 0.6 is 0 Å². The van der Waals surface area contributed by atoms with Crippen molar-refractivity contribution in [2.75, 3.05) is 5.01 Å². The number of anilines is 1. The molecular weight excluding hydrogens is 227 g/mol. The molecule has 0 aliphatic heterocycles. The summed E-state index contributed by atoms with van der Waals surface area (Å²) in [6, 6.07) is 1.42. The second-order valence-corrected chi connectivity index (χ2v) is 3.04. The third kappa shape index (κ3) is 2.34. The molecule has 6 nitrogen and oxygen atoms in total. The number of halogens is 1. The van der Waals surface area contributed by atoms with Gasteiger partial charge in [0, 0.05) is 11.1 Å². The zero-order valence-corrected chi connectivity index (χ0v) is 8.77. The molecule has 0 unspecified atom stereocenters. The van der Waals surface area contributed by atoms with Gasteiger partial charge in [0.05, 0.1) is 6.61 Å². The van der Waals surface area contributed by atoms with Gasteiger partial charge in [-0.25, -0.2) is 25.9 Å². The Kier molecular flexibility index (Phi) is 4.01. The summed E-state index contributed by atoms with van der Waals surface area (Å²) >= 11 is 0. The average molecular weight is 238 g/mol. The number of urea groups is 1. The van der Waals surface area contributed by atoms with E-state index in [2.05, 4.69) is 5.92 Å². The van der Waals surface area contributed by atoms with Gasteiger partial charge in [-0.15, -0.1) is 6.42 Å². The van der Waals surface area contributed by atoms with Crippen LogP contribution < -0.4 is 22.1 Å². The van der Waals surface area contributed by atoms with Crippen LogP contribution in [0, 0.1) is 18.2 Å². The van der Waals surface area contributed by atoms with Gasteiger partial charge >= 0.3 is 6.03 Å². The fourth-order valence-electron chi connectivity index (χ4n) is 1.33. The number of terminal acetylenes is 1. The summed E-state index contributed by atoms with van der Waals surface area (Å²) in [6.45, 7) is -0.557. The highest BCUT2D eigenvalue weighted by Gasteiger charge is 2.20. The standard InChI is InChI=1S/C10H11FN4O2/c1-2-6-3-4-8(11)9(7(6)5-16)15(13)10(17)14-12/h1,3-4,16H,5,12-13H2,(H,14,17). The highest BCUT2D eigenvalue weighted by Crippen LogP contribution is 2.25. The first-order valence-electron chi connectivity index (χ1n) is 4.51. The van der Waals surface area contributed by atoms with Crippen LogP contribution in [0.1, 0.15) is 11.1 Å². The van der Waals surface area contributed by atoms with Gasteiger partial charge in [-0.05, 0) is 12.1 Å². The molecule has 90 valence electrons. The third-order valence-electron chi connectivity index (χ3n) is 2.13. The average Bonchev–Trinajstić information content (AvgIpc) is 2.36. The second kappa shape index (κ2) is 5.27. The van der Waals surface area contributed by atoms with Crippen LogP contribution in [0.5, 0.6) is 0 Å². The van der Waals surface area contributed by atoms with Gasteiger partial charge in [-0.3, -0.25) is 5.43 Å². The van der Waals surface area contributed by atoms with Crippen molar-refractivity contribution < 1.29 is 14.3 Å². The quantitative estimate of drug-likeness (QED) is 0.243. The van der Waals surface area contributed by atoms with E-state index in [1.165, 1.54) is 6.07 Å². The molecule has 0 radical (unpaired) electrons. The number of aliphatic hydroxyl groups excluding tert-OH is 1. The topological polar surface area (TPSA) is 105 Å². The lowest BCUT2D eigenvalue weighted by Crippen LogP contribution is -2.48. The summed E-state index contributed by atoms with van der Waals surface area (Å²) in [5.41, 5.74) is 1.71. The number of carbonyl (C=O) groups excluding carboxylic acids is 1. The van der Waals surface area contributed by atoms with E-state index in [-0.39, 0.29) is 16.8 Å². The third-order valence-corrected chi connectivity index (χ3v) is 2.13. The van der Waals surface area contributed by atoms with Gasteiger partial charge in [0.1, 0.15) is 11.5 Å². The Hall–Kier alpha value is -2.14. The van der Waals surface area contributed by atoms with Crippen molar-refractivity contribution in [1.82, 2.24) is 5.43 Å². The zero-order valence-electron chi connectivity index (χ0n) is 8.77. The fraction of sp³-hybridized carbons (Fsp3) is 0.100. The molecule has 0 aliphatic rings. The fourth-order valence-corrected chi connectivity index (χ4v) is 1.33. The van der Waals surface area contributed by atoms with Crippen molar-refractivity contribution in [1.29, 1.82) is 0 Å². The minimum Gasteiger partial charge on any atom is -0.392 e. The lowest BCUT2D eigenvalue weighted by molar-refractivity contribution is 0.246. The Morgan fingerprint density at radius 2 is 2.29 bits per heavy atom. The molecule has 0 saturated heterocycles. The van der Waals surface area contributed by atoms with Gasteiger partial charge < -0.3 is 5.11 Å². The highest BCUT2D eigenvalue weighted by atomic mass is 19.1. The molecule has 17 heavy (non-hydrogen) atoms. The second-order valence-electron chi connectivity index (χ2n) is 3.04. The molecule has 0 saturated carbocycles. The molecule has 6 N–H and O–H groups in total. The van der Waals surface area contributed by atoms with Crippen LogP contribution in [-0.4, -0.2) is 11.1 Å². The number of hydrogen-bond donors (Lipinski definition) is 4. The van der Waals surface area contributed by atoms with E-state index in [4.69, 9.17) is 23.2 Å². The molecule has 1 rings (SSSR count). The van der Waals surface area contributed by atoms with Crippen molar-refractivity contribution >= 4 is 11.7 Å². The van der Waals surface area contributed by atoms with Crippen molar-refractivity contribution in [3.05, 3.63) is 29.1 Å². The molecule has 0 bridgehead atoms. The molecule has 0 aromatic heterocycles. The smallest absolute Gasteiger partial charge is 0.350 e. The lowest BCUT2D eigenvalue weighted by Gasteiger charge is -2.20. The Morgan fingerprint density at radius 1 is 1.65 bits per heavy atom. The highest BCUT2D eigenvalue weighted by molar-refractivity contribution is 5.91. The first-order valence-corrected chi connectivity index (χ1v) is 4.51. The number of nitrogens with one attached hydrogen (secondary N) is 1. The normalized spacial score (nSPS) is 9.59. The predicted molar refractivity (Wildman–Crippen MR) is 59.6 cm³/mol. The lowest BCUT2D eigenvalue weighted by atomic mass is 10.1. The molecule has 0 atom stereocenters. The Bertz CT molecular complexity index is 484. The summed E-state index contributed by atoms with van der Waals surface area (Å²) < 4.78 is 13.6. The van der Waals surface area contributed by atoms with E-state index in [1.807, 2.05) is 0 Å². The maximum Gasteiger partial charge on any atom is 0.350 e. The summed E-state index contributed by atoms with van der Waals surface area (Å²) in [6.07, 6.45) is 5.19. The van der Waals surface area contributed by atoms with Gasteiger partial charge in [-0.1, -0.05) is 5.92 Å². The van der Waals surface area contributed by atoms with Gasteiger partial charge in [0.15, 0.2) is 0 Å². The summed E-state index contributed by atoms with van der Waals surface area (Å²) in [4.78, 5) is 11.2. The summed E-state index contributed by atoms with van der Waals surface area (Å²) in [5.74, 6) is 11.7. The summed E-state index contributed by atoms with van der Waals surface area (Å²) in [5, 5.41) is 9.60. The molecule has 0 aliphatic carbocycles. The van der Waals surface area contributed by atoms with Gasteiger partial charge in [0.2, 0.25) is 0 Å². The SMILES string of the molecule is C#Cc1ccc(F)c(N(N)C(=O)NN)c1CO. The Balaban J connectivity index is 3.40. The van der Waals surface area contributed by atoms with Crippen molar-refractivity contribution in [3.8, 4) is 12.3 Å². The molecule has 2 amide bonds. The van der Waals surface area contributed by atoms with Gasteiger partial charge in [0.25, 0.3) is 0 Å². The molecular formula is C10H11FN4O2. The van der Waals surface area contributed by atoms with E-state index < -0.39 is 18.5 Å². The number of hydrogen-bond acceptors (Lipinski definition) is 4. The van der Waals surface area contributed by atoms with E-state index in [0.29, 0.717) is 5.01 Å². The maximum absolute atomic E-state index is 13.6. The van der Waals surface area contributed by atoms with E-state index >= 15 is 0 Å². The van der Waals surface area contributed by atoms with Crippen molar-refractivity contribution in [2.24, 2.45) is 11.7 Å². The van der Waals surface area contributed by atoms with Crippen molar-refractivity contribution in [2.45, 2.75) is 6.61 Å². The largest absolute Gasteiger partial charge is 0.392 e. The number of benzene rings is 1. The van der Waals surface area contributed by atoms with Gasteiger partial charge in [-0.2, -0.15) is 0 Å². The van der Waals surface area contributed by atoms with E-state index in [9.17, 15) is 9.18 Å². The van der Waals surface area contributed by atoms with Crippen LogP contribution in [0.3, 0.4) is 0 Å². The minimum atomic E-state index is -0.937. The number of rotatable bonds is 2. The van der Waals surface area contributed by atoms with Crippen LogP contribution in [0.25, 0.3) is 0 Å². The van der Waals surface area contributed by atoms with E-state index in [0.717, 1.165) is 6.07 Å². The predicted octanol–water partition coefficient (Wildman–Crippen LogP) is -0.437. The number of nitrogens with two attached hydrogens (primary N) is 2. The van der Waals surface area contributed by atoms with Crippen LogP contribution in [0.2, 0.25) is 0 Å². The summed E-state index contributed by atoms with van der Waals surface area (Å²) in [7, 11) is 0. The van der Waals surface area contributed by atoms with Crippen LogP contribution in [-0.2, 0) is 6.61 Å². The van der Waals surface area contributed by atoms with Crippen LogP contribution in [0.15, 0.2) is 12.1 Å². The first-order chi connectivity index (χ1) is 8.06. The number of aliphatic hydroxyl groups is 1. The molecule has 7 heteroatoms. The number of nitrogens with zero attached hydrogens (tertiary/aromatic N) is 1. The zero-order chi connectivity index (χ0) is 13.0. The van der Waals surface area contributed by atoms with Crippen molar-refractivity contribution in [3.63, 3.8) is 0 Å². The number of hydrazine groups is 2. The molecule has 1 aromatic carbocycles. The molecule has 1 aromatic rings. The monoisotopic (exact) mass is 238 g/mol.